The smallest absolute Gasteiger partial charge is 0.161 e. The quantitative estimate of drug-likeness (QED) is 0.398. The molecule has 0 aliphatic rings. The van der Waals surface area contributed by atoms with Crippen LogP contribution in [0.4, 0.5) is 5.69 Å². The lowest BCUT2D eigenvalue weighted by atomic mass is 10.1. The Kier molecular flexibility index (Phi) is 7.08. The predicted molar refractivity (Wildman–Crippen MR) is 113 cm³/mol. The van der Waals surface area contributed by atoms with Gasteiger partial charge >= 0.3 is 0 Å². The number of hydrogen-bond acceptors (Lipinski definition) is 6. The van der Waals surface area contributed by atoms with Crippen LogP contribution in [0.25, 0.3) is 0 Å². The maximum atomic E-state index is 11.0. The van der Waals surface area contributed by atoms with E-state index in [1.807, 2.05) is 48.5 Å². The number of ether oxygens (including phenoxy) is 3. The van der Waals surface area contributed by atoms with Crippen LogP contribution in [0.5, 0.6) is 17.2 Å². The van der Waals surface area contributed by atoms with Crippen LogP contribution < -0.4 is 25.1 Å². The summed E-state index contributed by atoms with van der Waals surface area (Å²) in [4.78, 5) is 11.0. The third kappa shape index (κ3) is 5.49. The third-order valence-electron chi connectivity index (χ3n) is 4.35. The number of hydrogen-bond donors (Lipinski definition) is 2. The van der Waals surface area contributed by atoms with Gasteiger partial charge < -0.3 is 19.6 Å². The number of methoxy groups -OCH3 is 2. The molecule has 0 bridgehead atoms. The molecule has 3 aromatic rings. The van der Waals surface area contributed by atoms with Gasteiger partial charge in [0.25, 0.3) is 0 Å². The molecule has 3 aromatic carbocycles. The second-order valence-electron chi connectivity index (χ2n) is 6.31. The van der Waals surface area contributed by atoms with Gasteiger partial charge in [-0.05, 0) is 48.0 Å². The molecule has 6 heteroatoms. The Bertz CT molecular complexity index is 945. The fraction of sp³-hybridized carbons (Fsp3) is 0.174. The van der Waals surface area contributed by atoms with E-state index in [1.54, 1.807) is 32.4 Å². The monoisotopic (exact) mass is 392 g/mol. The van der Waals surface area contributed by atoms with Crippen LogP contribution >= 0.6 is 0 Å². The molecule has 150 valence electrons. The number of anilines is 1. The van der Waals surface area contributed by atoms with Gasteiger partial charge in [-0.25, -0.2) is 5.43 Å². The molecular weight excluding hydrogens is 368 g/mol. The third-order valence-corrected chi connectivity index (χ3v) is 4.35. The highest BCUT2D eigenvalue weighted by Gasteiger charge is 2.10. The largest absolute Gasteiger partial charge is 0.496 e. The lowest BCUT2D eigenvalue weighted by molar-refractivity contribution is 0.112. The van der Waals surface area contributed by atoms with Crippen molar-refractivity contribution in [3.05, 3.63) is 83.4 Å². The van der Waals surface area contributed by atoms with E-state index in [2.05, 4.69) is 10.9 Å². The van der Waals surface area contributed by atoms with Crippen molar-refractivity contribution in [1.82, 2.24) is 5.43 Å². The van der Waals surface area contributed by atoms with Gasteiger partial charge in [-0.2, -0.15) is 0 Å². The number of para-hydroxylation sites is 1. The van der Waals surface area contributed by atoms with Crippen molar-refractivity contribution in [3.63, 3.8) is 0 Å². The normalized spacial score (nSPS) is 10.3. The Morgan fingerprint density at radius 2 is 1.62 bits per heavy atom. The number of aldehydes is 1. The van der Waals surface area contributed by atoms with Crippen molar-refractivity contribution < 1.29 is 19.0 Å². The molecule has 0 aliphatic carbocycles. The number of benzene rings is 3. The average Bonchev–Trinajstić information content (AvgIpc) is 2.78. The van der Waals surface area contributed by atoms with Crippen LogP contribution in [0.1, 0.15) is 21.5 Å². The van der Waals surface area contributed by atoms with E-state index in [9.17, 15) is 4.79 Å². The second-order valence-corrected chi connectivity index (χ2v) is 6.31. The first kappa shape index (κ1) is 20.2. The van der Waals surface area contributed by atoms with E-state index in [0.29, 0.717) is 29.4 Å². The van der Waals surface area contributed by atoms with E-state index in [-0.39, 0.29) is 6.61 Å². The fourth-order valence-electron chi connectivity index (χ4n) is 2.85. The van der Waals surface area contributed by atoms with Gasteiger partial charge in [0.2, 0.25) is 0 Å². The summed E-state index contributed by atoms with van der Waals surface area (Å²) >= 11 is 0. The maximum Gasteiger partial charge on any atom is 0.161 e. The number of nitrogens with one attached hydrogen (secondary N) is 2. The molecule has 0 amide bonds. The van der Waals surface area contributed by atoms with Crippen LogP contribution in [-0.2, 0) is 13.2 Å². The summed E-state index contributed by atoms with van der Waals surface area (Å²) in [5.74, 6) is 1.92. The molecule has 2 N–H and O–H groups in total. The topological polar surface area (TPSA) is 68.8 Å². The predicted octanol–water partition coefficient (Wildman–Crippen LogP) is 4.21. The summed E-state index contributed by atoms with van der Waals surface area (Å²) in [5, 5.41) is 0. The average molecular weight is 392 g/mol. The van der Waals surface area contributed by atoms with Gasteiger partial charge in [-0.15, -0.1) is 0 Å². The molecule has 0 heterocycles. The van der Waals surface area contributed by atoms with Crippen LogP contribution in [0.3, 0.4) is 0 Å². The van der Waals surface area contributed by atoms with Gasteiger partial charge in [0, 0.05) is 23.4 Å². The van der Waals surface area contributed by atoms with Crippen LogP contribution in [-0.4, -0.2) is 20.5 Å². The zero-order valence-corrected chi connectivity index (χ0v) is 16.5. The zero-order chi connectivity index (χ0) is 20.5. The summed E-state index contributed by atoms with van der Waals surface area (Å²) in [6.45, 7) is 0.870. The zero-order valence-electron chi connectivity index (χ0n) is 16.5. The van der Waals surface area contributed by atoms with E-state index in [4.69, 9.17) is 14.2 Å². The van der Waals surface area contributed by atoms with E-state index in [0.717, 1.165) is 23.1 Å². The Labute approximate surface area is 170 Å². The van der Waals surface area contributed by atoms with Gasteiger partial charge in [-0.3, -0.25) is 4.79 Å². The Morgan fingerprint density at radius 3 is 2.34 bits per heavy atom. The van der Waals surface area contributed by atoms with Crippen molar-refractivity contribution >= 4 is 12.0 Å². The summed E-state index contributed by atoms with van der Waals surface area (Å²) in [5.41, 5.74) is 9.72. The molecule has 3 rings (SSSR count). The first-order valence-corrected chi connectivity index (χ1v) is 9.19. The fourth-order valence-corrected chi connectivity index (χ4v) is 2.85. The van der Waals surface area contributed by atoms with Crippen LogP contribution in [0.2, 0.25) is 0 Å². The maximum absolute atomic E-state index is 11.0. The van der Waals surface area contributed by atoms with Crippen molar-refractivity contribution in [1.29, 1.82) is 0 Å². The standard InChI is InChI=1S/C23H24N2O4/c1-27-21-10-9-18(15-26)12-19(21)16-29-22-11-8-17(13-23(22)28-2)14-24-25-20-6-4-3-5-7-20/h3-13,15,24-25H,14,16H2,1-2H3. The Balaban J connectivity index is 1.64. The van der Waals surface area contributed by atoms with Gasteiger partial charge in [0.1, 0.15) is 18.6 Å². The lowest BCUT2D eigenvalue weighted by Gasteiger charge is -2.15. The van der Waals surface area contributed by atoms with Crippen LogP contribution in [0.15, 0.2) is 66.7 Å². The molecule has 0 fully saturated rings. The van der Waals surface area contributed by atoms with Gasteiger partial charge in [0.05, 0.1) is 14.2 Å². The minimum Gasteiger partial charge on any atom is -0.496 e. The van der Waals surface area contributed by atoms with Gasteiger partial charge in [0.15, 0.2) is 11.5 Å². The highest BCUT2D eigenvalue weighted by atomic mass is 16.5. The molecule has 0 atom stereocenters. The highest BCUT2D eigenvalue weighted by Crippen LogP contribution is 2.30. The first-order chi connectivity index (χ1) is 14.2. The van der Waals surface area contributed by atoms with Gasteiger partial charge in [-0.1, -0.05) is 24.3 Å². The summed E-state index contributed by atoms with van der Waals surface area (Å²) < 4.78 is 16.8. The SMILES string of the molecule is COc1ccc(C=O)cc1COc1ccc(CNNc2ccccc2)cc1OC. The molecule has 29 heavy (non-hydrogen) atoms. The van der Waals surface area contributed by atoms with E-state index >= 15 is 0 Å². The first-order valence-electron chi connectivity index (χ1n) is 9.19. The molecule has 0 saturated heterocycles. The molecular formula is C23H24N2O4. The summed E-state index contributed by atoms with van der Waals surface area (Å²) in [6.07, 6.45) is 0.800. The van der Waals surface area contributed by atoms with E-state index < -0.39 is 0 Å². The number of carbonyl (C=O) groups excluding carboxylic acids is 1. The molecule has 0 spiro atoms. The van der Waals surface area contributed by atoms with Crippen molar-refractivity contribution in [2.45, 2.75) is 13.2 Å². The minimum atomic E-state index is 0.258. The molecule has 0 aliphatic heterocycles. The highest BCUT2D eigenvalue weighted by molar-refractivity contribution is 5.75. The Hall–Kier alpha value is -3.51. The molecule has 0 saturated carbocycles. The number of carbonyl (C=O) groups is 1. The number of hydrazine groups is 1. The Morgan fingerprint density at radius 1 is 0.862 bits per heavy atom. The van der Waals surface area contributed by atoms with Crippen LogP contribution in [0, 0.1) is 0 Å². The van der Waals surface area contributed by atoms with Crippen molar-refractivity contribution in [3.8, 4) is 17.2 Å². The molecule has 0 aromatic heterocycles. The molecule has 0 radical (unpaired) electrons. The van der Waals surface area contributed by atoms with Crippen molar-refractivity contribution in [2.75, 3.05) is 19.6 Å². The summed E-state index contributed by atoms with van der Waals surface area (Å²) in [6, 6.07) is 20.9. The van der Waals surface area contributed by atoms with E-state index in [1.165, 1.54) is 0 Å². The number of rotatable bonds is 10. The van der Waals surface area contributed by atoms with Crippen molar-refractivity contribution in [2.24, 2.45) is 0 Å². The second kappa shape index (κ2) is 10.1. The molecule has 0 unspecified atom stereocenters. The lowest BCUT2D eigenvalue weighted by Crippen LogP contribution is -2.20. The minimum absolute atomic E-state index is 0.258. The molecule has 6 nitrogen and oxygen atoms in total. The summed E-state index contributed by atoms with van der Waals surface area (Å²) in [7, 11) is 3.19.